The number of allylic oxidation sites excluding steroid dienone is 8. The van der Waals surface area contributed by atoms with Gasteiger partial charge in [-0.3, -0.25) is 33.6 Å². The van der Waals surface area contributed by atoms with Gasteiger partial charge in [0.05, 0.1) is 12.8 Å². The first kappa shape index (κ1) is 39.9. The van der Waals surface area contributed by atoms with Gasteiger partial charge in [-0.15, -0.1) is 0 Å². The predicted octanol–water partition coefficient (Wildman–Crippen LogP) is 6.52. The van der Waals surface area contributed by atoms with Crippen molar-refractivity contribution in [1.29, 1.82) is 0 Å². The van der Waals surface area contributed by atoms with Crippen molar-refractivity contribution in [2.24, 2.45) is 22.2 Å². The van der Waals surface area contributed by atoms with E-state index in [9.17, 15) is 33.6 Å². The molecule has 0 aromatic rings. The SMILES string of the molecule is C=C(COC(=O)CC(C)(C)C1=C(C)C(=O)C(C)=C(C)C1=O)C12OC1C1(C)C(=CC2=O)CCC(OC(=O)CC(C)(C)C2=C(C)C(=O)C(C)=C(C)C2=O)C1C. The summed E-state index contributed by atoms with van der Waals surface area (Å²) in [5.74, 6) is -2.58. The fraction of sp³-hybridized carbons (Fsp3) is 0.558. The highest BCUT2D eigenvalue weighted by Crippen LogP contribution is 2.64. The van der Waals surface area contributed by atoms with Crippen LogP contribution in [0.5, 0.6) is 0 Å². The fourth-order valence-corrected chi connectivity index (χ4v) is 9.13. The van der Waals surface area contributed by atoms with Crippen LogP contribution in [0.3, 0.4) is 0 Å². The Kier molecular flexibility index (Phi) is 9.95. The molecule has 0 bridgehead atoms. The molecule has 1 saturated heterocycles. The maximum absolute atomic E-state index is 13.6. The van der Waals surface area contributed by atoms with E-state index in [1.54, 1.807) is 75.3 Å². The van der Waals surface area contributed by atoms with Gasteiger partial charge in [-0.05, 0) is 60.5 Å². The van der Waals surface area contributed by atoms with Gasteiger partial charge in [0.1, 0.15) is 18.8 Å². The van der Waals surface area contributed by atoms with Crippen molar-refractivity contribution < 1.29 is 47.8 Å². The number of hydrogen-bond acceptors (Lipinski definition) is 10. The maximum atomic E-state index is 13.6. The van der Waals surface area contributed by atoms with E-state index >= 15 is 0 Å². The van der Waals surface area contributed by atoms with Gasteiger partial charge in [-0.25, -0.2) is 0 Å². The normalized spacial score (nSPS) is 29.3. The molecule has 0 amide bonds. The number of epoxide rings is 1. The first-order valence-corrected chi connectivity index (χ1v) is 18.3. The Balaban J connectivity index is 1.25. The summed E-state index contributed by atoms with van der Waals surface area (Å²) in [5, 5.41) is 0. The first-order valence-electron chi connectivity index (χ1n) is 18.3. The van der Waals surface area contributed by atoms with Crippen LogP contribution in [0.2, 0.25) is 0 Å². The quantitative estimate of drug-likeness (QED) is 0.105. The second kappa shape index (κ2) is 13.2. The molecule has 10 nitrogen and oxygen atoms in total. The topological polar surface area (TPSA) is 150 Å². The summed E-state index contributed by atoms with van der Waals surface area (Å²) in [7, 11) is 0. The van der Waals surface area contributed by atoms with E-state index < -0.39 is 46.0 Å². The van der Waals surface area contributed by atoms with E-state index in [1.165, 1.54) is 0 Å². The van der Waals surface area contributed by atoms with E-state index in [1.807, 2.05) is 13.8 Å². The highest BCUT2D eigenvalue weighted by atomic mass is 16.6. The lowest BCUT2D eigenvalue weighted by atomic mass is 9.57. The Morgan fingerprint density at radius 2 is 1.23 bits per heavy atom. The van der Waals surface area contributed by atoms with Crippen molar-refractivity contribution in [3.05, 3.63) is 68.4 Å². The van der Waals surface area contributed by atoms with Crippen LogP contribution < -0.4 is 0 Å². The second-order valence-electron chi connectivity index (χ2n) is 17.1. The largest absolute Gasteiger partial charge is 0.462 e. The number of fused-ring (bicyclic) bond motifs is 3. The van der Waals surface area contributed by atoms with Gasteiger partial charge in [0.25, 0.3) is 0 Å². The van der Waals surface area contributed by atoms with E-state index in [2.05, 4.69) is 6.58 Å². The van der Waals surface area contributed by atoms with Crippen molar-refractivity contribution in [3.63, 3.8) is 0 Å². The third kappa shape index (κ3) is 6.20. The average molecular weight is 729 g/mol. The van der Waals surface area contributed by atoms with Gasteiger partial charge in [0.2, 0.25) is 0 Å². The number of Topliss-reactive ketones (excluding diaryl/α,β-unsaturated/α-hetero) is 4. The first-order chi connectivity index (χ1) is 24.4. The zero-order valence-electron chi connectivity index (χ0n) is 33.1. The van der Waals surface area contributed by atoms with Crippen LogP contribution in [-0.4, -0.2) is 65.3 Å². The number of carbonyl (C=O) groups excluding carboxylic acids is 7. The standard InChI is InChI=1S/C43H52O10/c1-20(19-51-31(45)17-40(9,10)33-25(6)35(47)21(2)23(4)37(33)49)43-30(44)16-28-14-15-29(27(8)42(28,13)39(43)53-43)52-32(46)18-41(11,12)34-26(7)36(48)22(3)24(5)38(34)50/h16,27,29,39H,1,14-15,17-19H2,2-13H3. The molecule has 1 aliphatic heterocycles. The van der Waals surface area contributed by atoms with Crippen LogP contribution in [0.25, 0.3) is 0 Å². The summed E-state index contributed by atoms with van der Waals surface area (Å²) in [5.41, 5.74) is -0.0299. The lowest BCUT2D eigenvalue weighted by Crippen LogP contribution is -2.51. The Morgan fingerprint density at radius 3 is 1.72 bits per heavy atom. The van der Waals surface area contributed by atoms with Crippen LogP contribution >= 0.6 is 0 Å². The minimum atomic E-state index is -1.40. The van der Waals surface area contributed by atoms with E-state index in [0.717, 1.165) is 5.57 Å². The predicted molar refractivity (Wildman–Crippen MR) is 196 cm³/mol. The summed E-state index contributed by atoms with van der Waals surface area (Å²) >= 11 is 0. The van der Waals surface area contributed by atoms with Gasteiger partial charge < -0.3 is 14.2 Å². The summed E-state index contributed by atoms with van der Waals surface area (Å²) in [6.07, 6.45) is 1.18. The third-order valence-corrected chi connectivity index (χ3v) is 12.8. The van der Waals surface area contributed by atoms with Gasteiger partial charge in [-0.2, -0.15) is 0 Å². The number of hydrogen-bond donors (Lipinski definition) is 0. The molecule has 1 heterocycles. The van der Waals surface area contributed by atoms with E-state index in [0.29, 0.717) is 51.9 Å². The van der Waals surface area contributed by atoms with Crippen molar-refractivity contribution >= 4 is 40.9 Å². The molecule has 10 heteroatoms. The number of rotatable bonds is 10. The number of esters is 2. The number of ketones is 5. The lowest BCUT2D eigenvalue weighted by Gasteiger charge is -2.47. The smallest absolute Gasteiger partial charge is 0.306 e. The van der Waals surface area contributed by atoms with Crippen LogP contribution in [0, 0.1) is 22.2 Å². The molecule has 284 valence electrons. The highest BCUT2D eigenvalue weighted by Gasteiger charge is 2.74. The Labute approximate surface area is 311 Å². The van der Waals surface area contributed by atoms with E-state index in [-0.39, 0.29) is 65.4 Å². The van der Waals surface area contributed by atoms with Crippen LogP contribution in [0.1, 0.15) is 109 Å². The minimum absolute atomic E-state index is 0.105. The molecular formula is C43H52O10. The minimum Gasteiger partial charge on any atom is -0.462 e. The zero-order chi connectivity index (χ0) is 39.9. The van der Waals surface area contributed by atoms with Gasteiger partial charge >= 0.3 is 11.9 Å². The summed E-state index contributed by atoms with van der Waals surface area (Å²) in [4.78, 5) is 92.3. The molecule has 0 spiro atoms. The fourth-order valence-electron chi connectivity index (χ4n) is 9.13. The van der Waals surface area contributed by atoms with Crippen molar-refractivity contribution in [3.8, 4) is 0 Å². The third-order valence-electron chi connectivity index (χ3n) is 12.8. The molecule has 5 unspecified atom stereocenters. The van der Waals surface area contributed by atoms with Gasteiger partial charge in [0.15, 0.2) is 34.5 Å². The van der Waals surface area contributed by atoms with Gasteiger partial charge in [-0.1, -0.05) is 53.7 Å². The Morgan fingerprint density at radius 1 is 0.774 bits per heavy atom. The zero-order valence-corrected chi connectivity index (χ0v) is 33.1. The van der Waals surface area contributed by atoms with Crippen LogP contribution in [0.15, 0.2) is 68.4 Å². The van der Waals surface area contributed by atoms with Crippen LogP contribution in [-0.2, 0) is 47.8 Å². The van der Waals surface area contributed by atoms with Crippen molar-refractivity contribution in [2.75, 3.05) is 6.61 Å². The monoisotopic (exact) mass is 728 g/mol. The molecule has 4 aliphatic carbocycles. The highest BCUT2D eigenvalue weighted by molar-refractivity contribution is 6.26. The van der Waals surface area contributed by atoms with Crippen molar-refractivity contribution in [2.45, 2.75) is 127 Å². The van der Waals surface area contributed by atoms with Crippen LogP contribution in [0.4, 0.5) is 0 Å². The maximum Gasteiger partial charge on any atom is 0.306 e. The molecule has 53 heavy (non-hydrogen) atoms. The molecule has 0 aromatic heterocycles. The molecule has 1 saturated carbocycles. The Hall–Kier alpha value is -4.31. The lowest BCUT2D eigenvalue weighted by molar-refractivity contribution is -0.158. The molecule has 5 aliphatic rings. The Bertz CT molecular complexity index is 1970. The average Bonchev–Trinajstić information content (AvgIpc) is 3.85. The molecular weight excluding hydrogens is 676 g/mol. The summed E-state index contributed by atoms with van der Waals surface area (Å²) < 4.78 is 18.0. The number of carbonyl (C=O) groups is 7. The molecule has 5 rings (SSSR count). The van der Waals surface area contributed by atoms with Gasteiger partial charge in [0, 0.05) is 72.3 Å². The second-order valence-corrected chi connectivity index (χ2v) is 17.1. The summed E-state index contributed by atoms with van der Waals surface area (Å²) in [6.45, 7) is 24.5. The molecule has 0 aromatic carbocycles. The molecule has 0 N–H and O–H groups in total. The summed E-state index contributed by atoms with van der Waals surface area (Å²) in [6, 6.07) is 0. The molecule has 0 radical (unpaired) electrons. The van der Waals surface area contributed by atoms with E-state index in [4.69, 9.17) is 14.2 Å². The number of ether oxygens (including phenoxy) is 3. The van der Waals surface area contributed by atoms with Crippen molar-refractivity contribution in [1.82, 2.24) is 0 Å². The molecule has 5 atom stereocenters. The molecule has 2 fully saturated rings.